The Balaban J connectivity index is 1.76. The van der Waals surface area contributed by atoms with E-state index < -0.39 is 6.04 Å². The number of methoxy groups -OCH3 is 1. The van der Waals surface area contributed by atoms with Crippen LogP contribution >= 0.6 is 0 Å². The van der Waals surface area contributed by atoms with Gasteiger partial charge in [0, 0.05) is 25.9 Å². The van der Waals surface area contributed by atoms with Crippen molar-refractivity contribution in [2.45, 2.75) is 65.1 Å². The van der Waals surface area contributed by atoms with E-state index in [1.54, 1.807) is 19.2 Å². The third kappa shape index (κ3) is 7.47. The topological polar surface area (TPSA) is 49.9 Å². The molecular weight excluding hydrogens is 491 g/mol. The number of ether oxygens (including phenoxy) is 1. The molecule has 0 bridgehead atoms. The van der Waals surface area contributed by atoms with Crippen LogP contribution in [0.25, 0.3) is 0 Å². The van der Waals surface area contributed by atoms with Crippen molar-refractivity contribution in [2.24, 2.45) is 5.41 Å². The number of nitrogens with zero attached hydrogens (tertiary/aromatic N) is 2. The summed E-state index contributed by atoms with van der Waals surface area (Å²) in [6.07, 6.45) is 2.26. The minimum Gasteiger partial charge on any atom is -0.497 e. The number of amides is 2. The first kappa shape index (κ1) is 28.3. The van der Waals surface area contributed by atoms with E-state index in [1.165, 1.54) is 12.1 Å². The summed E-state index contributed by atoms with van der Waals surface area (Å²) < 4.78 is 19.1. The minimum absolute atomic E-state index is 0.00131. The number of benzene rings is 3. The Kier molecular flexibility index (Phi) is 9.05. The van der Waals surface area contributed by atoms with Crippen LogP contribution in [0.4, 0.5) is 4.39 Å². The van der Waals surface area contributed by atoms with Gasteiger partial charge >= 0.3 is 0 Å². The molecule has 0 unspecified atom stereocenters. The van der Waals surface area contributed by atoms with Crippen molar-refractivity contribution < 1.29 is 18.7 Å². The third-order valence-electron chi connectivity index (χ3n) is 7.24. The van der Waals surface area contributed by atoms with E-state index in [-0.39, 0.29) is 29.1 Å². The lowest BCUT2D eigenvalue weighted by Crippen LogP contribution is -2.55. The fraction of sp³-hybridized carbons (Fsp3) is 0.394. The standard InChI is InChI=1S/C33H39FN2O3/c1-33(2,3)22-31(37)35-20-8-11-29(26-14-18-28(39-4)19-15-26)36(23-25-12-16-27(34)17-13-25)32(38)30(35)21-24-9-6-5-7-10-24/h5-7,9-10,12-19,29-30H,8,11,20-23H2,1-4H3/t29-,30-/m1/s1. The van der Waals surface area contributed by atoms with Crippen molar-refractivity contribution >= 4 is 11.8 Å². The summed E-state index contributed by atoms with van der Waals surface area (Å²) in [5, 5.41) is 0. The van der Waals surface area contributed by atoms with Crippen LogP contribution in [-0.2, 0) is 22.6 Å². The smallest absolute Gasteiger partial charge is 0.246 e. The van der Waals surface area contributed by atoms with Crippen molar-refractivity contribution in [3.63, 3.8) is 0 Å². The summed E-state index contributed by atoms with van der Waals surface area (Å²) >= 11 is 0. The van der Waals surface area contributed by atoms with Gasteiger partial charge in [0.1, 0.15) is 17.6 Å². The molecule has 4 rings (SSSR count). The first-order valence-corrected chi connectivity index (χ1v) is 13.7. The van der Waals surface area contributed by atoms with Crippen LogP contribution < -0.4 is 4.74 Å². The van der Waals surface area contributed by atoms with Gasteiger partial charge in [-0.1, -0.05) is 75.4 Å². The fourth-order valence-corrected chi connectivity index (χ4v) is 5.28. The van der Waals surface area contributed by atoms with Gasteiger partial charge in [-0.3, -0.25) is 9.59 Å². The van der Waals surface area contributed by atoms with Crippen molar-refractivity contribution in [3.8, 4) is 5.75 Å². The van der Waals surface area contributed by atoms with Crippen LogP contribution in [-0.4, -0.2) is 41.3 Å². The number of hydrogen-bond donors (Lipinski definition) is 0. The molecule has 1 heterocycles. The van der Waals surface area contributed by atoms with E-state index in [9.17, 15) is 14.0 Å². The summed E-state index contributed by atoms with van der Waals surface area (Å²) in [4.78, 5) is 31.9. The molecule has 2 atom stereocenters. The first-order valence-electron chi connectivity index (χ1n) is 13.7. The van der Waals surface area contributed by atoms with Crippen LogP contribution in [0.1, 0.15) is 62.8 Å². The van der Waals surface area contributed by atoms with Crippen LogP contribution in [0.3, 0.4) is 0 Å². The van der Waals surface area contributed by atoms with Gasteiger partial charge in [0.05, 0.1) is 13.2 Å². The molecule has 39 heavy (non-hydrogen) atoms. The van der Waals surface area contributed by atoms with Crippen LogP contribution in [0, 0.1) is 11.2 Å². The summed E-state index contributed by atoms with van der Waals surface area (Å²) in [6.45, 7) is 6.98. The predicted molar refractivity (Wildman–Crippen MR) is 152 cm³/mol. The molecule has 0 N–H and O–H groups in total. The summed E-state index contributed by atoms with van der Waals surface area (Å²) in [5.41, 5.74) is 2.67. The van der Waals surface area contributed by atoms with Crippen LogP contribution in [0.5, 0.6) is 5.75 Å². The third-order valence-corrected chi connectivity index (χ3v) is 7.24. The molecule has 1 aliphatic heterocycles. The highest BCUT2D eigenvalue weighted by Crippen LogP contribution is 2.34. The molecule has 1 fully saturated rings. The Labute approximate surface area is 231 Å². The second kappa shape index (κ2) is 12.5. The Morgan fingerprint density at radius 1 is 0.949 bits per heavy atom. The van der Waals surface area contributed by atoms with Gasteiger partial charge in [-0.15, -0.1) is 0 Å². The fourth-order valence-electron chi connectivity index (χ4n) is 5.28. The van der Waals surface area contributed by atoms with E-state index in [1.807, 2.05) is 85.2 Å². The Morgan fingerprint density at radius 2 is 1.62 bits per heavy atom. The molecule has 0 spiro atoms. The van der Waals surface area contributed by atoms with Crippen LogP contribution in [0.2, 0.25) is 0 Å². The second-order valence-electron chi connectivity index (χ2n) is 11.6. The maximum atomic E-state index is 14.6. The summed E-state index contributed by atoms with van der Waals surface area (Å²) in [7, 11) is 1.63. The van der Waals surface area contributed by atoms with E-state index in [0.717, 1.165) is 28.9 Å². The monoisotopic (exact) mass is 530 g/mol. The number of carbonyl (C=O) groups is 2. The van der Waals surface area contributed by atoms with Crippen molar-refractivity contribution in [1.82, 2.24) is 9.80 Å². The Bertz CT molecular complexity index is 1240. The maximum Gasteiger partial charge on any atom is 0.246 e. The lowest BCUT2D eigenvalue weighted by molar-refractivity contribution is -0.150. The highest BCUT2D eigenvalue weighted by Gasteiger charge is 2.39. The molecule has 3 aromatic rings. The summed E-state index contributed by atoms with van der Waals surface area (Å²) in [6, 6.07) is 23.2. The average molecular weight is 531 g/mol. The Morgan fingerprint density at radius 3 is 2.23 bits per heavy atom. The zero-order valence-electron chi connectivity index (χ0n) is 23.4. The predicted octanol–water partition coefficient (Wildman–Crippen LogP) is 6.57. The Hall–Kier alpha value is -3.67. The number of rotatable bonds is 7. The molecule has 206 valence electrons. The second-order valence-corrected chi connectivity index (χ2v) is 11.6. The lowest BCUT2D eigenvalue weighted by Gasteiger charge is -2.42. The maximum absolute atomic E-state index is 14.6. The van der Waals surface area contributed by atoms with E-state index >= 15 is 0 Å². The van der Waals surface area contributed by atoms with Crippen LogP contribution in [0.15, 0.2) is 78.9 Å². The zero-order chi connectivity index (χ0) is 28.0. The van der Waals surface area contributed by atoms with Gasteiger partial charge in [-0.25, -0.2) is 4.39 Å². The molecule has 0 aliphatic carbocycles. The lowest BCUT2D eigenvalue weighted by atomic mass is 9.89. The van der Waals surface area contributed by atoms with E-state index in [2.05, 4.69) is 0 Å². The molecule has 0 saturated carbocycles. The largest absolute Gasteiger partial charge is 0.497 e. The molecular formula is C33H39FN2O3. The van der Waals surface area contributed by atoms with Crippen molar-refractivity contribution in [1.29, 1.82) is 0 Å². The number of hydrogen-bond acceptors (Lipinski definition) is 3. The number of carbonyl (C=O) groups excluding carboxylic acids is 2. The highest BCUT2D eigenvalue weighted by atomic mass is 19.1. The van der Waals surface area contributed by atoms with Gasteiger partial charge in [-0.05, 0) is 59.2 Å². The first-order chi connectivity index (χ1) is 18.6. The van der Waals surface area contributed by atoms with Gasteiger partial charge in [-0.2, -0.15) is 0 Å². The zero-order valence-corrected chi connectivity index (χ0v) is 23.4. The van der Waals surface area contributed by atoms with Gasteiger partial charge < -0.3 is 14.5 Å². The molecule has 0 aromatic heterocycles. The molecule has 1 aliphatic rings. The van der Waals surface area contributed by atoms with Gasteiger partial charge in [0.15, 0.2) is 0 Å². The molecule has 3 aromatic carbocycles. The highest BCUT2D eigenvalue weighted by molar-refractivity contribution is 5.88. The normalized spacial score (nSPS) is 18.4. The van der Waals surface area contributed by atoms with Gasteiger partial charge in [0.25, 0.3) is 0 Å². The molecule has 5 nitrogen and oxygen atoms in total. The summed E-state index contributed by atoms with van der Waals surface area (Å²) in [5.74, 6) is 0.347. The minimum atomic E-state index is -0.635. The van der Waals surface area contributed by atoms with Crippen molar-refractivity contribution in [2.75, 3.05) is 13.7 Å². The van der Waals surface area contributed by atoms with Gasteiger partial charge in [0.2, 0.25) is 11.8 Å². The van der Waals surface area contributed by atoms with E-state index in [0.29, 0.717) is 32.4 Å². The SMILES string of the molecule is COc1ccc([C@H]2CCCN(C(=O)CC(C)(C)C)[C@H](Cc3ccccc3)C(=O)N2Cc2ccc(F)cc2)cc1. The molecule has 2 amide bonds. The number of halogens is 1. The molecule has 6 heteroatoms. The van der Waals surface area contributed by atoms with Crippen molar-refractivity contribution in [3.05, 3.63) is 101 Å². The molecule has 1 saturated heterocycles. The quantitative estimate of drug-likeness (QED) is 0.347. The van der Waals surface area contributed by atoms with E-state index in [4.69, 9.17) is 4.74 Å². The molecule has 0 radical (unpaired) electrons. The average Bonchev–Trinajstić information content (AvgIpc) is 2.91.